The Labute approximate surface area is 185 Å². The molecule has 154 valence electrons. The van der Waals surface area contributed by atoms with Gasteiger partial charge in [0.05, 0.1) is 23.0 Å². The SMILES string of the molecule is c1csc(-c2n[nH]c(CNc3nc(-c4cnccn4)nc4sc5c(c34)CCCC5)n2)c1. The van der Waals surface area contributed by atoms with E-state index in [-0.39, 0.29) is 0 Å². The molecule has 2 N–H and O–H groups in total. The largest absolute Gasteiger partial charge is 0.362 e. The molecule has 8 nitrogen and oxygen atoms in total. The van der Waals surface area contributed by atoms with Crippen molar-refractivity contribution in [3.05, 3.63) is 52.4 Å². The molecule has 0 aliphatic heterocycles. The molecule has 10 heteroatoms. The van der Waals surface area contributed by atoms with Gasteiger partial charge in [-0.25, -0.2) is 19.9 Å². The van der Waals surface area contributed by atoms with E-state index >= 15 is 0 Å². The predicted molar refractivity (Wildman–Crippen MR) is 122 cm³/mol. The molecule has 0 spiro atoms. The van der Waals surface area contributed by atoms with Crippen molar-refractivity contribution in [1.82, 2.24) is 35.1 Å². The Balaban J connectivity index is 1.38. The fraction of sp³-hybridized carbons (Fsp3) is 0.238. The lowest BCUT2D eigenvalue weighted by atomic mass is 9.97. The monoisotopic (exact) mass is 446 g/mol. The van der Waals surface area contributed by atoms with E-state index in [0.717, 1.165) is 39.6 Å². The highest BCUT2D eigenvalue weighted by Gasteiger charge is 2.22. The van der Waals surface area contributed by atoms with Gasteiger partial charge in [-0.05, 0) is 42.7 Å². The van der Waals surface area contributed by atoms with Crippen LogP contribution in [0.25, 0.3) is 32.4 Å². The van der Waals surface area contributed by atoms with Crippen LogP contribution in [0.5, 0.6) is 0 Å². The quantitative estimate of drug-likeness (QED) is 0.410. The molecule has 5 heterocycles. The zero-order valence-electron chi connectivity index (χ0n) is 16.5. The Kier molecular flexibility index (Phi) is 4.65. The lowest BCUT2D eigenvalue weighted by molar-refractivity contribution is 0.700. The maximum absolute atomic E-state index is 4.85. The normalized spacial score (nSPS) is 13.4. The number of fused-ring (bicyclic) bond motifs is 3. The van der Waals surface area contributed by atoms with Crippen LogP contribution in [0, 0.1) is 0 Å². The Morgan fingerprint density at radius 1 is 1.06 bits per heavy atom. The first-order valence-corrected chi connectivity index (χ1v) is 11.8. The van der Waals surface area contributed by atoms with Crippen molar-refractivity contribution < 1.29 is 0 Å². The number of aryl methyl sites for hydroxylation is 2. The molecular weight excluding hydrogens is 428 g/mol. The van der Waals surface area contributed by atoms with Gasteiger partial charge >= 0.3 is 0 Å². The van der Waals surface area contributed by atoms with Crippen LogP contribution < -0.4 is 5.32 Å². The highest BCUT2D eigenvalue weighted by Crippen LogP contribution is 2.39. The first-order chi connectivity index (χ1) is 15.3. The molecule has 5 aromatic rings. The molecule has 0 unspecified atom stereocenters. The molecular formula is C21H18N8S2. The van der Waals surface area contributed by atoms with Crippen molar-refractivity contribution in [1.29, 1.82) is 0 Å². The van der Waals surface area contributed by atoms with Crippen LogP contribution in [-0.4, -0.2) is 35.1 Å². The Bertz CT molecular complexity index is 1340. The van der Waals surface area contributed by atoms with Crippen LogP contribution in [0.4, 0.5) is 5.82 Å². The van der Waals surface area contributed by atoms with E-state index in [1.54, 1.807) is 41.3 Å². The summed E-state index contributed by atoms with van der Waals surface area (Å²) in [5, 5.41) is 14.0. The van der Waals surface area contributed by atoms with E-state index in [1.807, 2.05) is 17.5 Å². The van der Waals surface area contributed by atoms with Crippen LogP contribution in [0.1, 0.15) is 29.1 Å². The molecule has 31 heavy (non-hydrogen) atoms. The highest BCUT2D eigenvalue weighted by atomic mass is 32.1. The van der Waals surface area contributed by atoms with Crippen LogP contribution in [0.2, 0.25) is 0 Å². The minimum absolute atomic E-state index is 0.495. The van der Waals surface area contributed by atoms with Crippen molar-refractivity contribution >= 4 is 38.7 Å². The van der Waals surface area contributed by atoms with E-state index in [4.69, 9.17) is 9.97 Å². The smallest absolute Gasteiger partial charge is 0.191 e. The third-order valence-corrected chi connectivity index (χ3v) is 7.36. The first kappa shape index (κ1) is 18.5. The molecule has 0 radical (unpaired) electrons. The number of rotatable bonds is 5. The molecule has 0 aromatic carbocycles. The van der Waals surface area contributed by atoms with Crippen molar-refractivity contribution in [3.63, 3.8) is 0 Å². The summed E-state index contributed by atoms with van der Waals surface area (Å²) in [4.78, 5) is 26.3. The molecule has 1 aliphatic carbocycles. The molecule has 5 aromatic heterocycles. The molecule has 1 aliphatic rings. The van der Waals surface area contributed by atoms with Crippen LogP contribution in [-0.2, 0) is 19.4 Å². The first-order valence-electron chi connectivity index (χ1n) is 10.1. The number of anilines is 1. The summed E-state index contributed by atoms with van der Waals surface area (Å²) in [6.07, 6.45) is 9.64. The second-order valence-electron chi connectivity index (χ2n) is 7.31. The lowest BCUT2D eigenvalue weighted by Gasteiger charge is -2.13. The average molecular weight is 447 g/mol. The van der Waals surface area contributed by atoms with Crippen molar-refractivity contribution in [3.8, 4) is 22.2 Å². The van der Waals surface area contributed by atoms with Gasteiger partial charge in [-0.2, -0.15) is 5.10 Å². The van der Waals surface area contributed by atoms with Gasteiger partial charge in [0.15, 0.2) is 11.6 Å². The number of aromatic nitrogens is 7. The number of nitrogens with one attached hydrogen (secondary N) is 2. The Morgan fingerprint density at radius 2 is 2.03 bits per heavy atom. The van der Waals surface area contributed by atoms with Gasteiger partial charge in [-0.3, -0.25) is 10.1 Å². The maximum Gasteiger partial charge on any atom is 0.191 e. The lowest BCUT2D eigenvalue weighted by Crippen LogP contribution is -2.07. The number of hydrogen-bond donors (Lipinski definition) is 2. The van der Waals surface area contributed by atoms with E-state index in [1.165, 1.54) is 23.3 Å². The molecule has 0 amide bonds. The Hall–Kier alpha value is -3.24. The highest BCUT2D eigenvalue weighted by molar-refractivity contribution is 7.19. The number of thiophene rings is 2. The second-order valence-corrected chi connectivity index (χ2v) is 9.35. The van der Waals surface area contributed by atoms with Gasteiger partial charge in [-0.15, -0.1) is 22.7 Å². The van der Waals surface area contributed by atoms with Gasteiger partial charge in [0.1, 0.15) is 22.2 Å². The standard InChI is InChI=1S/C21H18N8S2/c1-2-5-14-12(4-1)17-20(24-11-16-25-19(29-28-16)15-6-3-9-30-15)26-18(27-21(17)31-14)13-10-22-7-8-23-13/h3,6-10H,1-2,4-5,11H2,(H,24,26,27)(H,25,28,29). The van der Waals surface area contributed by atoms with Crippen LogP contribution in [0.15, 0.2) is 36.1 Å². The summed E-state index contributed by atoms with van der Waals surface area (Å²) < 4.78 is 0. The minimum Gasteiger partial charge on any atom is -0.362 e. The molecule has 0 fully saturated rings. The molecule has 0 atom stereocenters. The van der Waals surface area contributed by atoms with Crippen molar-refractivity contribution in [2.45, 2.75) is 32.2 Å². The van der Waals surface area contributed by atoms with E-state index in [2.05, 4.69) is 30.5 Å². The summed E-state index contributed by atoms with van der Waals surface area (Å²) in [6.45, 7) is 0.495. The fourth-order valence-corrected chi connectivity index (χ4v) is 5.79. The number of aromatic amines is 1. The second kappa shape index (κ2) is 7.78. The summed E-state index contributed by atoms with van der Waals surface area (Å²) in [7, 11) is 0. The molecule has 0 saturated heterocycles. The van der Waals surface area contributed by atoms with Crippen molar-refractivity contribution in [2.24, 2.45) is 0 Å². The Morgan fingerprint density at radius 3 is 2.90 bits per heavy atom. The van der Waals surface area contributed by atoms with Gasteiger partial charge in [-0.1, -0.05) is 6.07 Å². The minimum atomic E-state index is 0.495. The summed E-state index contributed by atoms with van der Waals surface area (Å²) >= 11 is 3.40. The molecule has 0 bridgehead atoms. The summed E-state index contributed by atoms with van der Waals surface area (Å²) in [5.74, 6) is 2.88. The summed E-state index contributed by atoms with van der Waals surface area (Å²) in [6, 6.07) is 4.02. The van der Waals surface area contributed by atoms with E-state index in [0.29, 0.717) is 23.9 Å². The maximum atomic E-state index is 4.85. The van der Waals surface area contributed by atoms with Crippen LogP contribution in [0.3, 0.4) is 0 Å². The average Bonchev–Trinajstić information content (AvgIpc) is 3.57. The third-order valence-electron chi connectivity index (χ3n) is 5.30. The van der Waals surface area contributed by atoms with Gasteiger partial charge in [0.25, 0.3) is 0 Å². The van der Waals surface area contributed by atoms with E-state index < -0.39 is 0 Å². The topological polar surface area (TPSA) is 105 Å². The van der Waals surface area contributed by atoms with Gasteiger partial charge in [0.2, 0.25) is 0 Å². The number of H-pyrrole nitrogens is 1. The predicted octanol–water partition coefficient (Wildman–Crippen LogP) is 4.49. The van der Waals surface area contributed by atoms with E-state index in [9.17, 15) is 0 Å². The zero-order valence-corrected chi connectivity index (χ0v) is 18.1. The third kappa shape index (κ3) is 3.47. The zero-order chi connectivity index (χ0) is 20.6. The molecule has 0 saturated carbocycles. The fourth-order valence-electron chi connectivity index (χ4n) is 3.87. The van der Waals surface area contributed by atoms with Gasteiger partial charge < -0.3 is 5.32 Å². The van der Waals surface area contributed by atoms with Gasteiger partial charge in [0, 0.05) is 17.3 Å². The molecule has 6 rings (SSSR count). The van der Waals surface area contributed by atoms with Crippen molar-refractivity contribution in [2.75, 3.05) is 5.32 Å². The number of nitrogens with zero attached hydrogens (tertiary/aromatic N) is 6. The number of hydrogen-bond acceptors (Lipinski definition) is 9. The van der Waals surface area contributed by atoms with Crippen LogP contribution >= 0.6 is 22.7 Å². The summed E-state index contributed by atoms with van der Waals surface area (Å²) in [5.41, 5.74) is 2.05.